The fourth-order valence-corrected chi connectivity index (χ4v) is 4.56. The maximum Gasteiger partial charge on any atom is 0.259 e. The maximum absolute atomic E-state index is 13.6. The van der Waals surface area contributed by atoms with Crippen molar-refractivity contribution in [2.75, 3.05) is 27.2 Å². The predicted molar refractivity (Wildman–Crippen MR) is 134 cm³/mol. The third kappa shape index (κ3) is 5.88. The second-order valence-corrected chi connectivity index (χ2v) is 9.08. The van der Waals surface area contributed by atoms with E-state index in [1.807, 2.05) is 29.2 Å². The Morgan fingerprint density at radius 3 is 2.62 bits per heavy atom. The summed E-state index contributed by atoms with van der Waals surface area (Å²) in [6, 6.07) is 7.75. The maximum atomic E-state index is 13.6. The van der Waals surface area contributed by atoms with Gasteiger partial charge in [-0.25, -0.2) is 0 Å². The van der Waals surface area contributed by atoms with Crippen LogP contribution in [0, 0.1) is 0 Å². The third-order valence-electron chi connectivity index (χ3n) is 6.59. The van der Waals surface area contributed by atoms with Gasteiger partial charge in [0.25, 0.3) is 11.8 Å². The molecule has 1 aromatic heterocycles. The molecule has 0 aliphatic carbocycles. The molecule has 0 bridgehead atoms. The summed E-state index contributed by atoms with van der Waals surface area (Å²) in [5.74, 6) is 0.101. The summed E-state index contributed by atoms with van der Waals surface area (Å²) in [5, 5.41) is 0. The van der Waals surface area contributed by atoms with Crippen molar-refractivity contribution in [3.8, 4) is 5.75 Å². The van der Waals surface area contributed by atoms with Gasteiger partial charge in [-0.2, -0.15) is 0 Å². The normalized spacial score (nSPS) is 15.8. The van der Waals surface area contributed by atoms with E-state index in [9.17, 15) is 14.4 Å². The molecule has 1 aromatic carbocycles. The minimum Gasteiger partial charge on any atom is -0.497 e. The van der Waals surface area contributed by atoms with Gasteiger partial charge in [0.15, 0.2) is 0 Å². The highest BCUT2D eigenvalue weighted by Crippen LogP contribution is 2.22. The van der Waals surface area contributed by atoms with Crippen LogP contribution in [0.5, 0.6) is 5.75 Å². The number of ether oxygens (including phenoxy) is 1. The van der Waals surface area contributed by atoms with E-state index in [0.29, 0.717) is 19.6 Å². The second kappa shape index (κ2) is 11.9. The van der Waals surface area contributed by atoms with Crippen LogP contribution in [0.3, 0.4) is 0 Å². The van der Waals surface area contributed by atoms with E-state index < -0.39 is 5.43 Å². The van der Waals surface area contributed by atoms with Crippen molar-refractivity contribution in [1.29, 1.82) is 0 Å². The quantitative estimate of drug-likeness (QED) is 0.555. The fourth-order valence-electron chi connectivity index (χ4n) is 4.56. The van der Waals surface area contributed by atoms with E-state index in [0.717, 1.165) is 49.8 Å². The lowest BCUT2D eigenvalue weighted by molar-refractivity contribution is 0.0605. The Kier molecular flexibility index (Phi) is 8.91. The zero-order valence-corrected chi connectivity index (χ0v) is 20.9. The van der Waals surface area contributed by atoms with E-state index in [2.05, 4.69) is 13.8 Å². The van der Waals surface area contributed by atoms with Gasteiger partial charge in [-0.15, -0.1) is 0 Å². The molecule has 0 radical (unpaired) electrons. The smallest absolute Gasteiger partial charge is 0.259 e. The molecule has 1 fully saturated rings. The molecule has 1 aliphatic rings. The van der Waals surface area contributed by atoms with Crippen molar-refractivity contribution in [3.05, 3.63) is 63.6 Å². The van der Waals surface area contributed by atoms with Crippen LogP contribution in [-0.4, -0.2) is 59.5 Å². The Labute approximate surface area is 202 Å². The van der Waals surface area contributed by atoms with Gasteiger partial charge in [0.1, 0.15) is 16.9 Å². The van der Waals surface area contributed by atoms with Gasteiger partial charge in [0.05, 0.1) is 7.11 Å². The number of unbranched alkanes of at least 4 members (excludes halogenated alkanes) is 1. The number of rotatable bonds is 9. The Morgan fingerprint density at radius 1 is 1.15 bits per heavy atom. The lowest BCUT2D eigenvalue weighted by atomic mass is 9.98. The SMILES string of the molecule is CCCCN(C)C(=O)c1cn(Cc2cccc(OC)c2)cc(C(=O)N2CCCCC2CC)c1=O. The van der Waals surface area contributed by atoms with E-state index in [4.69, 9.17) is 4.74 Å². The van der Waals surface area contributed by atoms with Gasteiger partial charge in [-0.1, -0.05) is 32.4 Å². The van der Waals surface area contributed by atoms with Crippen LogP contribution in [-0.2, 0) is 6.54 Å². The summed E-state index contributed by atoms with van der Waals surface area (Å²) in [5.41, 5.74) is 0.569. The Morgan fingerprint density at radius 2 is 1.91 bits per heavy atom. The highest BCUT2D eigenvalue weighted by Gasteiger charge is 2.30. The minimum absolute atomic E-state index is 0.0393. The summed E-state index contributed by atoms with van der Waals surface area (Å²) < 4.78 is 7.10. The van der Waals surface area contributed by atoms with E-state index in [1.165, 1.54) is 0 Å². The van der Waals surface area contributed by atoms with Gasteiger partial charge in [-0.3, -0.25) is 14.4 Å². The number of hydrogen-bond acceptors (Lipinski definition) is 4. The van der Waals surface area contributed by atoms with Crippen LogP contribution in [0.1, 0.15) is 78.7 Å². The molecule has 2 heterocycles. The van der Waals surface area contributed by atoms with Gasteiger partial charge in [-0.05, 0) is 49.8 Å². The first-order valence-electron chi connectivity index (χ1n) is 12.3. The first kappa shape index (κ1) is 25.5. The lowest BCUT2D eigenvalue weighted by Crippen LogP contribution is -2.45. The highest BCUT2D eigenvalue weighted by atomic mass is 16.5. The monoisotopic (exact) mass is 467 g/mol. The molecule has 1 unspecified atom stereocenters. The van der Waals surface area contributed by atoms with Crippen LogP contribution in [0.4, 0.5) is 0 Å². The van der Waals surface area contributed by atoms with Crippen molar-refractivity contribution >= 4 is 11.8 Å². The fraction of sp³-hybridized carbons (Fsp3) is 0.519. The Hall–Kier alpha value is -3.09. The molecular weight excluding hydrogens is 430 g/mol. The summed E-state index contributed by atoms with van der Waals surface area (Å²) in [7, 11) is 3.32. The van der Waals surface area contributed by atoms with Crippen LogP contribution in [0.15, 0.2) is 41.5 Å². The molecule has 0 saturated carbocycles. The van der Waals surface area contributed by atoms with Crippen LogP contribution < -0.4 is 10.2 Å². The third-order valence-corrected chi connectivity index (χ3v) is 6.59. The van der Waals surface area contributed by atoms with Gasteiger partial charge in [0, 0.05) is 45.1 Å². The van der Waals surface area contributed by atoms with Crippen LogP contribution in [0.2, 0.25) is 0 Å². The Balaban J connectivity index is 2.04. The summed E-state index contributed by atoms with van der Waals surface area (Å²) in [6.07, 6.45) is 8.79. The van der Waals surface area contributed by atoms with Crippen molar-refractivity contribution in [2.24, 2.45) is 0 Å². The first-order valence-corrected chi connectivity index (χ1v) is 12.3. The lowest BCUT2D eigenvalue weighted by Gasteiger charge is -2.35. The van der Waals surface area contributed by atoms with Crippen LogP contribution in [0.25, 0.3) is 0 Å². The molecule has 34 heavy (non-hydrogen) atoms. The van der Waals surface area contributed by atoms with Crippen molar-refractivity contribution in [1.82, 2.24) is 14.4 Å². The van der Waals surface area contributed by atoms with E-state index in [1.54, 1.807) is 36.0 Å². The zero-order chi connectivity index (χ0) is 24.7. The van der Waals surface area contributed by atoms with Crippen molar-refractivity contribution in [2.45, 2.75) is 65.0 Å². The number of amides is 2. The van der Waals surface area contributed by atoms with Gasteiger partial charge < -0.3 is 19.1 Å². The molecule has 7 heteroatoms. The number of pyridine rings is 1. The average molecular weight is 468 g/mol. The number of aromatic nitrogens is 1. The number of methoxy groups -OCH3 is 1. The van der Waals surface area contributed by atoms with Gasteiger partial charge >= 0.3 is 0 Å². The van der Waals surface area contributed by atoms with E-state index >= 15 is 0 Å². The number of carbonyl (C=O) groups excluding carboxylic acids is 2. The predicted octanol–water partition coefficient (Wildman–Crippen LogP) is 4.18. The minimum atomic E-state index is -0.485. The molecule has 7 nitrogen and oxygen atoms in total. The summed E-state index contributed by atoms with van der Waals surface area (Å²) >= 11 is 0. The summed E-state index contributed by atoms with van der Waals surface area (Å²) in [4.78, 5) is 43.6. The molecule has 3 rings (SSSR count). The van der Waals surface area contributed by atoms with Gasteiger partial charge in [0.2, 0.25) is 5.43 Å². The highest BCUT2D eigenvalue weighted by molar-refractivity contribution is 5.99. The number of nitrogens with zero attached hydrogens (tertiary/aromatic N) is 3. The number of piperidine rings is 1. The number of likely N-dealkylation sites (tertiary alicyclic amines) is 1. The number of hydrogen-bond donors (Lipinski definition) is 0. The molecule has 0 spiro atoms. The zero-order valence-electron chi connectivity index (χ0n) is 20.9. The van der Waals surface area contributed by atoms with Crippen molar-refractivity contribution in [3.63, 3.8) is 0 Å². The number of benzene rings is 1. The molecule has 2 amide bonds. The van der Waals surface area contributed by atoms with Crippen LogP contribution >= 0.6 is 0 Å². The number of carbonyl (C=O) groups is 2. The molecule has 1 aliphatic heterocycles. The molecule has 0 N–H and O–H groups in total. The molecule has 2 aromatic rings. The Bertz CT molecular complexity index is 1060. The first-order chi connectivity index (χ1) is 16.4. The molecule has 1 atom stereocenters. The summed E-state index contributed by atoms with van der Waals surface area (Å²) in [6.45, 7) is 5.74. The van der Waals surface area contributed by atoms with Crippen molar-refractivity contribution < 1.29 is 14.3 Å². The second-order valence-electron chi connectivity index (χ2n) is 9.08. The molecule has 184 valence electrons. The molecular formula is C27H37N3O4. The topological polar surface area (TPSA) is 71.8 Å². The molecule has 1 saturated heterocycles. The standard InChI is InChI=1S/C27H37N3O4/c1-5-7-14-28(3)26(32)23-18-29(17-20-11-10-13-22(16-20)34-4)19-24(25(23)31)27(33)30-15-9-8-12-21(30)6-2/h10-11,13,16,18-19,21H,5-9,12,14-15,17H2,1-4H3. The largest absolute Gasteiger partial charge is 0.497 e. The average Bonchev–Trinajstić information content (AvgIpc) is 2.87. The van der Waals surface area contributed by atoms with E-state index in [-0.39, 0.29) is 29.0 Å².